The monoisotopic (exact) mass is 580 g/mol. The second-order valence-electron chi connectivity index (χ2n) is 8.34. The van der Waals surface area contributed by atoms with Crippen LogP contribution in [0.2, 0.25) is 0 Å². The molecule has 0 saturated carbocycles. The van der Waals surface area contributed by atoms with E-state index in [0.717, 1.165) is 26.9 Å². The van der Waals surface area contributed by atoms with Gasteiger partial charge in [-0.1, -0.05) is 34.1 Å². The summed E-state index contributed by atoms with van der Waals surface area (Å²) >= 11 is 3.38. The zero-order chi connectivity index (χ0) is 27.1. The van der Waals surface area contributed by atoms with Crippen LogP contribution in [-0.2, 0) is 20.9 Å². The average Bonchev–Trinajstić information content (AvgIpc) is 3.37. The molecule has 38 heavy (non-hydrogen) atoms. The predicted octanol–water partition coefficient (Wildman–Crippen LogP) is 3.58. The van der Waals surface area contributed by atoms with E-state index in [9.17, 15) is 14.4 Å². The fourth-order valence-electron chi connectivity index (χ4n) is 3.49. The van der Waals surface area contributed by atoms with Crippen LogP contribution in [0.3, 0.4) is 0 Å². The number of carbonyl (C=O) groups excluding carboxylic acids is 3. The molecule has 3 aromatic rings. The highest BCUT2D eigenvalue weighted by Crippen LogP contribution is 2.32. The summed E-state index contributed by atoms with van der Waals surface area (Å²) in [6, 6.07) is 16.0. The zero-order valence-electron chi connectivity index (χ0n) is 20.7. The Hall–Kier alpha value is -4.38. The molecule has 196 valence electrons. The fraction of sp³-hybridized carbons (Fsp3) is 0.185. The molecule has 1 aliphatic heterocycles. The standard InChI is InChI=1S/C27H25BrN4O6/c1-16-4-3-5-21(17(16)2)31-25(33)14-36-22-9-7-20(28)11-19(22)13-30-32-27(35)26(34)29-12-18-6-8-23-24(10-18)38-15-37-23/h3-11,13H,12,14-15H2,1-2H3,(H,29,34)(H,31,33)(H,32,35)/b30-13-. The second kappa shape index (κ2) is 12.2. The van der Waals surface area contributed by atoms with Crippen molar-refractivity contribution in [1.82, 2.24) is 10.7 Å². The Labute approximate surface area is 227 Å². The molecule has 0 unspecified atom stereocenters. The van der Waals surface area contributed by atoms with Gasteiger partial charge in [-0.15, -0.1) is 0 Å². The molecule has 1 heterocycles. The third-order valence-corrected chi connectivity index (χ3v) is 6.17. The third kappa shape index (κ3) is 6.88. The van der Waals surface area contributed by atoms with Gasteiger partial charge in [0.15, 0.2) is 18.1 Å². The molecule has 0 saturated heterocycles. The predicted molar refractivity (Wildman–Crippen MR) is 144 cm³/mol. The molecule has 0 fully saturated rings. The number of aryl methyl sites for hydroxylation is 1. The van der Waals surface area contributed by atoms with Gasteiger partial charge in [0.25, 0.3) is 5.91 Å². The number of hydrogen-bond donors (Lipinski definition) is 3. The smallest absolute Gasteiger partial charge is 0.329 e. The summed E-state index contributed by atoms with van der Waals surface area (Å²) in [5, 5.41) is 9.22. The number of nitrogens with one attached hydrogen (secondary N) is 3. The van der Waals surface area contributed by atoms with Crippen molar-refractivity contribution in [2.75, 3.05) is 18.7 Å². The van der Waals surface area contributed by atoms with E-state index in [1.165, 1.54) is 6.21 Å². The first-order valence-corrected chi connectivity index (χ1v) is 12.4. The van der Waals surface area contributed by atoms with Crippen LogP contribution in [0.4, 0.5) is 5.69 Å². The summed E-state index contributed by atoms with van der Waals surface area (Å²) in [4.78, 5) is 36.7. The van der Waals surface area contributed by atoms with Crippen LogP contribution in [-0.4, -0.2) is 37.3 Å². The fourth-order valence-corrected chi connectivity index (χ4v) is 3.87. The number of benzene rings is 3. The minimum Gasteiger partial charge on any atom is -0.483 e. The summed E-state index contributed by atoms with van der Waals surface area (Å²) in [6.07, 6.45) is 1.33. The van der Waals surface area contributed by atoms with Crippen molar-refractivity contribution in [2.24, 2.45) is 5.10 Å². The van der Waals surface area contributed by atoms with E-state index >= 15 is 0 Å². The average molecular weight is 581 g/mol. The normalized spacial score (nSPS) is 11.8. The Morgan fingerprint density at radius 2 is 1.84 bits per heavy atom. The van der Waals surface area contributed by atoms with Gasteiger partial charge >= 0.3 is 11.8 Å². The van der Waals surface area contributed by atoms with Crippen molar-refractivity contribution in [3.63, 3.8) is 0 Å². The van der Waals surface area contributed by atoms with Gasteiger partial charge in [0.05, 0.1) is 6.21 Å². The molecule has 3 aromatic carbocycles. The van der Waals surface area contributed by atoms with Crippen LogP contribution in [0.25, 0.3) is 0 Å². The Morgan fingerprint density at radius 1 is 1.03 bits per heavy atom. The van der Waals surface area contributed by atoms with E-state index in [2.05, 4.69) is 37.1 Å². The lowest BCUT2D eigenvalue weighted by Gasteiger charge is -2.12. The number of hydrogen-bond acceptors (Lipinski definition) is 7. The molecule has 4 rings (SSSR count). The van der Waals surface area contributed by atoms with E-state index in [-0.39, 0.29) is 25.9 Å². The molecule has 1 aliphatic rings. The number of hydrazone groups is 1. The van der Waals surface area contributed by atoms with Crippen LogP contribution in [0.5, 0.6) is 17.2 Å². The molecule has 0 aromatic heterocycles. The molecular formula is C27H25BrN4O6. The lowest BCUT2D eigenvalue weighted by molar-refractivity contribution is -0.139. The molecule has 3 N–H and O–H groups in total. The minimum absolute atomic E-state index is 0.125. The summed E-state index contributed by atoms with van der Waals surface area (Å²) in [5.41, 5.74) is 6.19. The lowest BCUT2D eigenvalue weighted by Crippen LogP contribution is -2.37. The quantitative estimate of drug-likeness (QED) is 0.212. The number of anilines is 1. The molecule has 11 heteroatoms. The highest BCUT2D eigenvalue weighted by Gasteiger charge is 2.16. The second-order valence-corrected chi connectivity index (χ2v) is 9.25. The van der Waals surface area contributed by atoms with Crippen LogP contribution >= 0.6 is 15.9 Å². The van der Waals surface area contributed by atoms with Crippen molar-refractivity contribution in [3.05, 3.63) is 81.3 Å². The van der Waals surface area contributed by atoms with E-state index in [1.807, 2.05) is 32.0 Å². The summed E-state index contributed by atoms with van der Waals surface area (Å²) < 4.78 is 17.0. The van der Waals surface area contributed by atoms with Gasteiger partial charge in [-0.3, -0.25) is 14.4 Å². The van der Waals surface area contributed by atoms with E-state index in [1.54, 1.807) is 36.4 Å². The van der Waals surface area contributed by atoms with Crippen LogP contribution in [0.15, 0.2) is 64.2 Å². The number of carbonyl (C=O) groups is 3. The number of ether oxygens (including phenoxy) is 3. The Kier molecular flexibility index (Phi) is 8.59. The van der Waals surface area contributed by atoms with Gasteiger partial charge in [0.2, 0.25) is 6.79 Å². The van der Waals surface area contributed by atoms with Gasteiger partial charge in [0.1, 0.15) is 5.75 Å². The largest absolute Gasteiger partial charge is 0.483 e. The Morgan fingerprint density at radius 3 is 2.68 bits per heavy atom. The topological polar surface area (TPSA) is 127 Å². The molecule has 3 amide bonds. The molecule has 0 radical (unpaired) electrons. The highest BCUT2D eigenvalue weighted by molar-refractivity contribution is 9.10. The van der Waals surface area contributed by atoms with Crippen LogP contribution < -0.4 is 30.3 Å². The first kappa shape index (κ1) is 26.7. The number of fused-ring (bicyclic) bond motifs is 1. The van der Waals surface area contributed by atoms with E-state index in [4.69, 9.17) is 14.2 Å². The molecule has 0 aliphatic carbocycles. The van der Waals surface area contributed by atoms with Gasteiger partial charge in [0, 0.05) is 22.3 Å². The molecule has 0 atom stereocenters. The van der Waals surface area contributed by atoms with E-state index in [0.29, 0.717) is 22.8 Å². The maximum atomic E-state index is 12.4. The summed E-state index contributed by atoms with van der Waals surface area (Å²) in [6.45, 7) is 3.94. The first-order chi connectivity index (χ1) is 18.3. The first-order valence-electron chi connectivity index (χ1n) is 11.6. The Balaban J connectivity index is 1.29. The molecule has 0 spiro atoms. The van der Waals surface area contributed by atoms with Crippen molar-refractivity contribution >= 4 is 45.6 Å². The van der Waals surface area contributed by atoms with Crippen LogP contribution in [0.1, 0.15) is 22.3 Å². The number of amides is 3. The lowest BCUT2D eigenvalue weighted by atomic mass is 10.1. The number of nitrogens with zero attached hydrogens (tertiary/aromatic N) is 1. The van der Waals surface area contributed by atoms with Crippen molar-refractivity contribution in [3.8, 4) is 17.2 Å². The maximum absolute atomic E-state index is 12.4. The van der Waals surface area contributed by atoms with Gasteiger partial charge in [-0.2, -0.15) is 5.10 Å². The minimum atomic E-state index is -0.938. The van der Waals surface area contributed by atoms with Crippen molar-refractivity contribution in [2.45, 2.75) is 20.4 Å². The third-order valence-electron chi connectivity index (χ3n) is 5.68. The zero-order valence-corrected chi connectivity index (χ0v) is 22.3. The van der Waals surface area contributed by atoms with E-state index < -0.39 is 11.8 Å². The molecular weight excluding hydrogens is 556 g/mol. The van der Waals surface area contributed by atoms with Crippen molar-refractivity contribution < 1.29 is 28.6 Å². The van der Waals surface area contributed by atoms with Gasteiger partial charge in [-0.25, -0.2) is 5.43 Å². The number of rotatable bonds is 8. The molecule has 10 nitrogen and oxygen atoms in total. The summed E-state index contributed by atoms with van der Waals surface area (Å²) in [5.74, 6) is -0.529. The van der Waals surface area contributed by atoms with Gasteiger partial charge in [-0.05, 0) is 66.9 Å². The SMILES string of the molecule is Cc1cccc(NC(=O)COc2ccc(Br)cc2/C=N\NC(=O)C(=O)NCc2ccc3c(c2)OCO3)c1C. The Bertz CT molecular complexity index is 1410. The maximum Gasteiger partial charge on any atom is 0.329 e. The van der Waals surface area contributed by atoms with Crippen LogP contribution in [0, 0.1) is 13.8 Å². The number of halogens is 1. The van der Waals surface area contributed by atoms with Gasteiger partial charge < -0.3 is 24.8 Å². The molecule has 0 bridgehead atoms. The van der Waals surface area contributed by atoms with Crippen molar-refractivity contribution in [1.29, 1.82) is 0 Å². The summed E-state index contributed by atoms with van der Waals surface area (Å²) in [7, 11) is 0. The highest BCUT2D eigenvalue weighted by atomic mass is 79.9.